The molecule has 2 atom stereocenters. The van der Waals surface area contributed by atoms with Gasteiger partial charge in [-0.05, 0) is 50.7 Å². The van der Waals surface area contributed by atoms with Gasteiger partial charge in [0.25, 0.3) is 5.91 Å². The number of anilines is 2. The number of primary amides is 1. The Morgan fingerprint density at radius 3 is 2.31 bits per heavy atom. The van der Waals surface area contributed by atoms with Gasteiger partial charge in [-0.15, -0.1) is 0 Å². The third kappa shape index (κ3) is 5.80. The first-order valence-corrected chi connectivity index (χ1v) is 12.1. The first kappa shape index (κ1) is 27.8. The van der Waals surface area contributed by atoms with Gasteiger partial charge in [-0.25, -0.2) is 4.39 Å². The molecule has 2 amide bonds. The fourth-order valence-corrected chi connectivity index (χ4v) is 4.67. The standard InChI is InChI=1S/C27H27F4N5O3/c1-14-12-36(13-15(2)35(14)3)23-7-5-16(18-6-4-17(25(32)38)8-21(18)28)9-22(23)34-26(39)19-11-33-24(37)10-20(19)27(29,30)31/h4-11,14-15H,12-13H2,1-3H3,(H2,32,38)(H,33,37)(H,34,39)/t14-,15+. The highest BCUT2D eigenvalue weighted by atomic mass is 19.4. The second-order valence-electron chi connectivity index (χ2n) is 9.64. The van der Waals surface area contributed by atoms with Crippen molar-refractivity contribution in [2.24, 2.45) is 5.73 Å². The summed E-state index contributed by atoms with van der Waals surface area (Å²) in [7, 11) is 1.99. The molecule has 1 aromatic heterocycles. The Kier molecular flexibility index (Phi) is 7.51. The van der Waals surface area contributed by atoms with E-state index in [0.717, 1.165) is 6.07 Å². The van der Waals surface area contributed by atoms with Crippen molar-refractivity contribution in [1.29, 1.82) is 0 Å². The summed E-state index contributed by atoms with van der Waals surface area (Å²) in [5, 5.41) is 2.54. The molecule has 1 fully saturated rings. The number of alkyl halides is 3. The van der Waals surface area contributed by atoms with Gasteiger partial charge >= 0.3 is 6.18 Å². The summed E-state index contributed by atoms with van der Waals surface area (Å²) < 4.78 is 55.8. The number of hydrogen-bond acceptors (Lipinski definition) is 5. The monoisotopic (exact) mass is 545 g/mol. The number of H-pyrrole nitrogens is 1. The van der Waals surface area contributed by atoms with Crippen LogP contribution < -0.4 is 21.5 Å². The number of nitrogens with zero attached hydrogens (tertiary/aromatic N) is 2. The third-order valence-electron chi connectivity index (χ3n) is 6.98. The molecule has 0 unspecified atom stereocenters. The molecule has 0 spiro atoms. The fourth-order valence-electron chi connectivity index (χ4n) is 4.67. The number of carbonyl (C=O) groups is 2. The van der Waals surface area contributed by atoms with Crippen LogP contribution in [-0.2, 0) is 6.18 Å². The Labute approximate surface area is 221 Å². The molecule has 206 valence electrons. The lowest BCUT2D eigenvalue weighted by atomic mass is 10.00. The van der Waals surface area contributed by atoms with Crippen LogP contribution in [0.3, 0.4) is 0 Å². The number of benzene rings is 2. The summed E-state index contributed by atoms with van der Waals surface area (Å²) in [6.45, 7) is 5.19. The summed E-state index contributed by atoms with van der Waals surface area (Å²) in [5.74, 6) is -2.64. The van der Waals surface area contributed by atoms with Crippen molar-refractivity contribution in [3.05, 3.63) is 81.5 Å². The van der Waals surface area contributed by atoms with Crippen molar-refractivity contribution in [1.82, 2.24) is 9.88 Å². The minimum Gasteiger partial charge on any atom is -0.367 e. The first-order chi connectivity index (χ1) is 18.3. The average molecular weight is 546 g/mol. The van der Waals surface area contributed by atoms with Crippen LogP contribution in [-0.4, -0.2) is 53.9 Å². The number of aromatic nitrogens is 1. The van der Waals surface area contributed by atoms with Gasteiger partial charge < -0.3 is 20.9 Å². The third-order valence-corrected chi connectivity index (χ3v) is 6.98. The minimum absolute atomic E-state index is 0.0282. The molecule has 2 heterocycles. The van der Waals surface area contributed by atoms with Crippen LogP contribution in [0.15, 0.2) is 53.5 Å². The SMILES string of the molecule is C[C@@H]1CN(c2ccc(-c3ccc(C(N)=O)cc3F)cc2NC(=O)c2c[nH]c(=O)cc2C(F)(F)F)C[C@H](C)N1C. The van der Waals surface area contributed by atoms with Crippen LogP contribution in [0.2, 0.25) is 0 Å². The molecule has 1 aliphatic rings. The van der Waals surface area contributed by atoms with Crippen LogP contribution in [0.25, 0.3) is 11.1 Å². The summed E-state index contributed by atoms with van der Waals surface area (Å²) in [6, 6.07) is 9.04. The largest absolute Gasteiger partial charge is 0.417 e. The van der Waals surface area contributed by atoms with Crippen molar-refractivity contribution in [3.8, 4) is 11.1 Å². The molecule has 8 nitrogen and oxygen atoms in total. The zero-order valence-electron chi connectivity index (χ0n) is 21.4. The van der Waals surface area contributed by atoms with E-state index < -0.39 is 40.5 Å². The molecular weight excluding hydrogens is 518 g/mol. The second-order valence-corrected chi connectivity index (χ2v) is 9.64. The lowest BCUT2D eigenvalue weighted by molar-refractivity contribution is -0.138. The van der Waals surface area contributed by atoms with Crippen molar-refractivity contribution in [2.75, 3.05) is 30.4 Å². The molecule has 0 saturated carbocycles. The number of aromatic amines is 1. The van der Waals surface area contributed by atoms with E-state index >= 15 is 0 Å². The topological polar surface area (TPSA) is 112 Å². The van der Waals surface area contributed by atoms with Gasteiger partial charge in [0.1, 0.15) is 5.82 Å². The molecular formula is C27H27F4N5O3. The fraction of sp³-hybridized carbons (Fsp3) is 0.296. The predicted octanol–water partition coefficient (Wildman–Crippen LogP) is 4.08. The molecule has 2 aromatic carbocycles. The molecule has 3 aromatic rings. The number of nitrogens with two attached hydrogens (primary N) is 1. The quantitative estimate of drug-likeness (QED) is 0.419. The molecule has 12 heteroatoms. The van der Waals surface area contributed by atoms with Crippen molar-refractivity contribution in [2.45, 2.75) is 32.1 Å². The van der Waals surface area contributed by atoms with E-state index in [1.807, 2.05) is 25.8 Å². The molecule has 0 aliphatic carbocycles. The van der Waals surface area contributed by atoms with Gasteiger partial charge in [-0.3, -0.25) is 19.3 Å². The van der Waals surface area contributed by atoms with Gasteiger partial charge in [0.05, 0.1) is 22.5 Å². The van der Waals surface area contributed by atoms with E-state index in [1.165, 1.54) is 18.2 Å². The Morgan fingerprint density at radius 2 is 1.72 bits per heavy atom. The summed E-state index contributed by atoms with van der Waals surface area (Å²) in [6.07, 6.45) is -4.23. The van der Waals surface area contributed by atoms with Gasteiger partial charge in [0.15, 0.2) is 0 Å². The summed E-state index contributed by atoms with van der Waals surface area (Å²) >= 11 is 0. The molecule has 4 N–H and O–H groups in total. The highest BCUT2D eigenvalue weighted by Crippen LogP contribution is 2.36. The highest BCUT2D eigenvalue weighted by Gasteiger charge is 2.36. The Balaban J connectivity index is 1.80. The number of nitrogens with one attached hydrogen (secondary N) is 2. The zero-order valence-corrected chi connectivity index (χ0v) is 21.4. The van der Waals surface area contributed by atoms with Gasteiger partial charge in [-0.1, -0.05) is 12.1 Å². The van der Waals surface area contributed by atoms with Crippen LogP contribution >= 0.6 is 0 Å². The van der Waals surface area contributed by atoms with Crippen molar-refractivity contribution in [3.63, 3.8) is 0 Å². The number of amides is 2. The minimum atomic E-state index is -4.95. The first-order valence-electron chi connectivity index (χ1n) is 12.1. The molecule has 4 rings (SSSR count). The molecule has 0 bridgehead atoms. The van der Waals surface area contributed by atoms with Gasteiger partial charge in [-0.2, -0.15) is 13.2 Å². The number of rotatable bonds is 5. The Morgan fingerprint density at radius 1 is 1.05 bits per heavy atom. The van der Waals surface area contributed by atoms with E-state index in [9.17, 15) is 31.9 Å². The van der Waals surface area contributed by atoms with E-state index in [-0.39, 0.29) is 28.9 Å². The maximum absolute atomic E-state index is 14.9. The number of likely N-dealkylation sites (N-methyl/N-ethyl adjacent to an activating group) is 1. The maximum atomic E-state index is 14.9. The number of carbonyl (C=O) groups excluding carboxylic acids is 2. The van der Waals surface area contributed by atoms with Crippen molar-refractivity contribution < 1.29 is 27.2 Å². The molecule has 1 saturated heterocycles. The van der Waals surface area contributed by atoms with E-state index in [0.29, 0.717) is 36.6 Å². The van der Waals surface area contributed by atoms with Crippen LogP contribution in [0, 0.1) is 5.82 Å². The number of halogens is 4. The zero-order chi connectivity index (χ0) is 28.6. The van der Waals surface area contributed by atoms with E-state index in [1.54, 1.807) is 12.1 Å². The van der Waals surface area contributed by atoms with Gasteiger partial charge in [0, 0.05) is 48.6 Å². The lowest BCUT2D eigenvalue weighted by Crippen LogP contribution is -2.55. The summed E-state index contributed by atoms with van der Waals surface area (Å²) in [5.41, 5.74) is 3.15. The number of hydrogen-bond donors (Lipinski definition) is 3. The van der Waals surface area contributed by atoms with E-state index in [4.69, 9.17) is 5.73 Å². The van der Waals surface area contributed by atoms with Crippen molar-refractivity contribution >= 4 is 23.2 Å². The van der Waals surface area contributed by atoms with Crippen LogP contribution in [0.1, 0.15) is 40.1 Å². The number of piperazine rings is 1. The smallest absolute Gasteiger partial charge is 0.367 e. The summed E-state index contributed by atoms with van der Waals surface area (Å²) in [4.78, 5) is 42.4. The normalized spacial score (nSPS) is 18.2. The van der Waals surface area contributed by atoms with Crippen LogP contribution in [0.5, 0.6) is 0 Å². The Bertz CT molecular complexity index is 1470. The molecule has 1 aliphatic heterocycles. The molecule has 0 radical (unpaired) electrons. The lowest BCUT2D eigenvalue weighted by Gasteiger charge is -2.44. The van der Waals surface area contributed by atoms with E-state index in [2.05, 4.69) is 15.2 Å². The highest BCUT2D eigenvalue weighted by molar-refractivity contribution is 6.07. The number of pyridine rings is 1. The van der Waals surface area contributed by atoms with Gasteiger partial charge in [0.2, 0.25) is 11.5 Å². The maximum Gasteiger partial charge on any atom is 0.417 e. The molecule has 39 heavy (non-hydrogen) atoms. The van der Waals surface area contributed by atoms with Crippen LogP contribution in [0.4, 0.5) is 28.9 Å². The predicted molar refractivity (Wildman–Crippen MR) is 139 cm³/mol. The second kappa shape index (κ2) is 10.5. The average Bonchev–Trinajstić information content (AvgIpc) is 2.86. The Hall–Kier alpha value is -4.19.